The zero-order chi connectivity index (χ0) is 8.27. The summed E-state index contributed by atoms with van der Waals surface area (Å²) in [5.74, 6) is 2.19. The lowest BCUT2D eigenvalue weighted by molar-refractivity contribution is 0.679. The van der Waals surface area contributed by atoms with Crippen LogP contribution in [-0.2, 0) is 0 Å². The van der Waals surface area contributed by atoms with Gasteiger partial charge in [-0.2, -0.15) is 12.6 Å². The third-order valence-corrected chi connectivity index (χ3v) is 1.86. The molecule has 11 heavy (non-hydrogen) atoms. The average Bonchev–Trinajstić information content (AvgIpc) is 2.05. The van der Waals surface area contributed by atoms with Crippen LogP contribution in [0.1, 0.15) is 24.5 Å². The minimum atomic E-state index is 0.221. The Hall–Kier alpha value is -0.710. The number of nitrogens with zero attached hydrogens (tertiary/aromatic N) is 4. The fourth-order valence-electron chi connectivity index (χ4n) is 0.566. The smallest absolute Gasteiger partial charge is 0.177 e. The molecule has 1 aromatic heterocycles. The van der Waals surface area contributed by atoms with Crippen molar-refractivity contribution in [3.05, 3.63) is 11.6 Å². The van der Waals surface area contributed by atoms with E-state index in [1.54, 1.807) is 6.92 Å². The van der Waals surface area contributed by atoms with Crippen LogP contribution in [0.5, 0.6) is 0 Å². The Labute approximate surface area is 70.9 Å². The van der Waals surface area contributed by atoms with Gasteiger partial charge in [0.25, 0.3) is 0 Å². The molecule has 0 aliphatic heterocycles. The van der Waals surface area contributed by atoms with Crippen molar-refractivity contribution < 1.29 is 0 Å². The second-order valence-corrected chi connectivity index (χ2v) is 2.75. The Balaban J connectivity index is 2.81. The molecule has 0 amide bonds. The lowest BCUT2D eigenvalue weighted by Crippen LogP contribution is -2.06. The molecule has 4 nitrogen and oxygen atoms in total. The van der Waals surface area contributed by atoms with Gasteiger partial charge in [-0.05, 0) is 6.92 Å². The second-order valence-electron chi connectivity index (χ2n) is 2.39. The van der Waals surface area contributed by atoms with E-state index in [1.807, 2.05) is 6.92 Å². The van der Waals surface area contributed by atoms with Crippen molar-refractivity contribution in [3.63, 3.8) is 0 Å². The molecule has 1 heterocycles. The summed E-state index contributed by atoms with van der Waals surface area (Å²) in [7, 11) is 0. The molecule has 0 fully saturated rings. The van der Waals surface area contributed by atoms with Gasteiger partial charge in [-0.3, -0.25) is 0 Å². The van der Waals surface area contributed by atoms with Gasteiger partial charge in [-0.15, -0.1) is 20.4 Å². The van der Waals surface area contributed by atoms with Gasteiger partial charge in [0, 0.05) is 11.7 Å². The number of rotatable bonds is 2. The van der Waals surface area contributed by atoms with Crippen molar-refractivity contribution in [2.24, 2.45) is 0 Å². The van der Waals surface area contributed by atoms with Gasteiger partial charge in [0.1, 0.15) is 0 Å². The van der Waals surface area contributed by atoms with Gasteiger partial charge in [-0.1, -0.05) is 6.92 Å². The van der Waals surface area contributed by atoms with E-state index in [4.69, 9.17) is 0 Å². The molecule has 5 heteroatoms. The number of aryl methyl sites for hydroxylation is 1. The van der Waals surface area contributed by atoms with Crippen molar-refractivity contribution in [3.8, 4) is 0 Å². The first-order valence-corrected chi connectivity index (χ1v) is 4.02. The van der Waals surface area contributed by atoms with Crippen LogP contribution < -0.4 is 0 Å². The van der Waals surface area contributed by atoms with Crippen LogP contribution in [0.4, 0.5) is 0 Å². The molecule has 0 radical (unpaired) electrons. The molecule has 0 aromatic carbocycles. The fraction of sp³-hybridized carbons (Fsp3) is 0.667. The molecule has 1 atom stereocenters. The molecule has 0 N–H and O–H groups in total. The Bertz CT molecular complexity index is 223. The van der Waals surface area contributed by atoms with E-state index in [2.05, 4.69) is 33.0 Å². The minimum Gasteiger partial charge on any atom is -0.179 e. The number of thiol groups is 1. The van der Waals surface area contributed by atoms with E-state index in [0.29, 0.717) is 17.4 Å². The number of aromatic nitrogens is 4. The van der Waals surface area contributed by atoms with Crippen molar-refractivity contribution in [1.29, 1.82) is 0 Å². The Kier molecular flexibility index (Phi) is 2.76. The first-order valence-electron chi connectivity index (χ1n) is 3.38. The maximum absolute atomic E-state index is 4.12. The molecular formula is C6H10N4S. The molecule has 1 rings (SSSR count). The van der Waals surface area contributed by atoms with Crippen LogP contribution in [-0.4, -0.2) is 26.1 Å². The van der Waals surface area contributed by atoms with Crippen molar-refractivity contribution in [2.75, 3.05) is 5.75 Å². The topological polar surface area (TPSA) is 51.6 Å². The maximum atomic E-state index is 4.12. The van der Waals surface area contributed by atoms with Crippen molar-refractivity contribution in [1.82, 2.24) is 20.4 Å². The molecule has 0 saturated carbocycles. The highest BCUT2D eigenvalue weighted by molar-refractivity contribution is 7.80. The molecule has 0 aliphatic carbocycles. The molecule has 1 aromatic rings. The summed E-state index contributed by atoms with van der Waals surface area (Å²) in [5.41, 5.74) is 0. The first kappa shape index (κ1) is 8.39. The van der Waals surface area contributed by atoms with Gasteiger partial charge >= 0.3 is 0 Å². The SMILES string of the molecule is Cc1nnc(C(C)CS)nn1. The van der Waals surface area contributed by atoms with E-state index in [-0.39, 0.29) is 5.92 Å². The van der Waals surface area contributed by atoms with Crippen LogP contribution in [0, 0.1) is 6.92 Å². The van der Waals surface area contributed by atoms with E-state index < -0.39 is 0 Å². The van der Waals surface area contributed by atoms with Crippen molar-refractivity contribution in [2.45, 2.75) is 19.8 Å². The summed E-state index contributed by atoms with van der Waals surface area (Å²) in [5, 5.41) is 15.3. The standard InChI is InChI=1S/C6H10N4S/c1-4(3-11)6-9-7-5(2)8-10-6/h4,11H,3H2,1-2H3. The number of hydrogen-bond donors (Lipinski definition) is 1. The normalized spacial score (nSPS) is 13.0. The van der Waals surface area contributed by atoms with E-state index in [1.165, 1.54) is 0 Å². The Morgan fingerprint density at radius 3 is 2.27 bits per heavy atom. The zero-order valence-electron chi connectivity index (χ0n) is 6.52. The summed E-state index contributed by atoms with van der Waals surface area (Å²) in [6, 6.07) is 0. The predicted molar refractivity (Wildman–Crippen MR) is 44.6 cm³/mol. The number of hydrogen-bond acceptors (Lipinski definition) is 5. The maximum Gasteiger partial charge on any atom is 0.177 e. The third-order valence-electron chi connectivity index (χ3n) is 1.31. The highest BCUT2D eigenvalue weighted by Gasteiger charge is 2.06. The molecule has 0 saturated heterocycles. The van der Waals surface area contributed by atoms with Crippen LogP contribution >= 0.6 is 12.6 Å². The van der Waals surface area contributed by atoms with E-state index >= 15 is 0 Å². The molecule has 0 aliphatic rings. The van der Waals surface area contributed by atoms with Crippen LogP contribution in [0.3, 0.4) is 0 Å². The summed E-state index contributed by atoms with van der Waals surface area (Å²) in [6.07, 6.45) is 0. The van der Waals surface area contributed by atoms with Gasteiger partial charge in [0.2, 0.25) is 0 Å². The van der Waals surface area contributed by atoms with Gasteiger partial charge in [0.15, 0.2) is 11.6 Å². The zero-order valence-corrected chi connectivity index (χ0v) is 7.41. The van der Waals surface area contributed by atoms with Crippen LogP contribution in [0.25, 0.3) is 0 Å². The Morgan fingerprint density at radius 1 is 1.27 bits per heavy atom. The highest BCUT2D eigenvalue weighted by Crippen LogP contribution is 2.08. The predicted octanol–water partition coefficient (Wildman–Crippen LogP) is 0.608. The average molecular weight is 170 g/mol. The summed E-state index contributed by atoms with van der Waals surface area (Å²) < 4.78 is 0. The summed E-state index contributed by atoms with van der Waals surface area (Å²) in [4.78, 5) is 0. The highest BCUT2D eigenvalue weighted by atomic mass is 32.1. The summed E-state index contributed by atoms with van der Waals surface area (Å²) >= 11 is 4.12. The monoisotopic (exact) mass is 170 g/mol. The largest absolute Gasteiger partial charge is 0.179 e. The lowest BCUT2D eigenvalue weighted by Gasteiger charge is -2.02. The molecule has 0 bridgehead atoms. The Morgan fingerprint density at radius 2 is 1.82 bits per heavy atom. The van der Waals surface area contributed by atoms with Gasteiger partial charge in [0.05, 0.1) is 0 Å². The molecule has 60 valence electrons. The quantitative estimate of drug-likeness (QED) is 0.661. The third kappa shape index (κ3) is 2.11. The van der Waals surface area contributed by atoms with Crippen LogP contribution in [0.2, 0.25) is 0 Å². The van der Waals surface area contributed by atoms with E-state index in [0.717, 1.165) is 0 Å². The lowest BCUT2D eigenvalue weighted by atomic mass is 10.2. The molecular weight excluding hydrogens is 160 g/mol. The first-order chi connectivity index (χ1) is 5.24. The molecule has 0 spiro atoms. The van der Waals surface area contributed by atoms with E-state index in [9.17, 15) is 0 Å². The van der Waals surface area contributed by atoms with Crippen LogP contribution in [0.15, 0.2) is 0 Å². The fourth-order valence-corrected chi connectivity index (χ4v) is 0.729. The minimum absolute atomic E-state index is 0.221. The van der Waals surface area contributed by atoms with Crippen molar-refractivity contribution >= 4 is 12.6 Å². The van der Waals surface area contributed by atoms with Gasteiger partial charge in [-0.25, -0.2) is 0 Å². The summed E-state index contributed by atoms with van der Waals surface area (Å²) in [6.45, 7) is 3.75. The van der Waals surface area contributed by atoms with Gasteiger partial charge < -0.3 is 0 Å². The second kappa shape index (κ2) is 3.61. The molecule has 1 unspecified atom stereocenters.